The average molecular weight is 144 g/mol. The highest BCUT2D eigenvalue weighted by Gasteiger charge is 2.18. The Labute approximate surface area is 66.0 Å². The van der Waals surface area contributed by atoms with Gasteiger partial charge in [0.15, 0.2) is 0 Å². The lowest BCUT2D eigenvalue weighted by atomic mass is 10.2. The maximum absolute atomic E-state index is 4.96. The number of ether oxygens (including phenoxy) is 1. The van der Waals surface area contributed by atoms with Gasteiger partial charge in [-0.25, -0.2) is 0 Å². The summed E-state index contributed by atoms with van der Waals surface area (Å²) in [5.41, 5.74) is 1.06. The fourth-order valence-corrected chi connectivity index (χ4v) is 0.817. The van der Waals surface area contributed by atoms with Gasteiger partial charge in [0, 0.05) is 5.56 Å². The molecule has 1 aliphatic heterocycles. The Bertz CT molecular complexity index is 288. The highest BCUT2D eigenvalue weighted by Crippen LogP contribution is 2.06. The van der Waals surface area contributed by atoms with Crippen LogP contribution >= 0.6 is 0 Å². The molecule has 1 heteroatoms. The fourth-order valence-electron chi connectivity index (χ4n) is 0.817. The van der Waals surface area contributed by atoms with Gasteiger partial charge in [-0.15, -0.1) is 0 Å². The third-order valence-electron chi connectivity index (χ3n) is 1.48. The normalized spacial score (nSPS) is 20.2. The second-order valence-electron chi connectivity index (χ2n) is 2.46. The van der Waals surface area contributed by atoms with Crippen LogP contribution < -0.4 is 0 Å². The van der Waals surface area contributed by atoms with Gasteiger partial charge >= 0.3 is 0 Å². The lowest BCUT2D eigenvalue weighted by Gasteiger charge is -1.84. The van der Waals surface area contributed by atoms with Crippen LogP contribution in [0.25, 0.3) is 0 Å². The lowest BCUT2D eigenvalue weighted by molar-refractivity contribution is 0.445. The SMILES string of the molecule is C(#C[C@H]1CO1)c1ccccc1. The molecule has 1 fully saturated rings. The molecule has 0 unspecified atom stereocenters. The third-order valence-corrected chi connectivity index (χ3v) is 1.48. The van der Waals surface area contributed by atoms with Crippen LogP contribution in [-0.4, -0.2) is 12.7 Å². The molecule has 1 heterocycles. The Kier molecular flexibility index (Phi) is 1.63. The van der Waals surface area contributed by atoms with Crippen LogP contribution in [0.4, 0.5) is 0 Å². The summed E-state index contributed by atoms with van der Waals surface area (Å²) >= 11 is 0. The van der Waals surface area contributed by atoms with Crippen molar-refractivity contribution in [2.24, 2.45) is 0 Å². The van der Waals surface area contributed by atoms with Crippen molar-refractivity contribution in [3.63, 3.8) is 0 Å². The largest absolute Gasteiger partial charge is 0.359 e. The Morgan fingerprint density at radius 3 is 2.64 bits per heavy atom. The van der Waals surface area contributed by atoms with Crippen LogP contribution in [0.3, 0.4) is 0 Å². The Morgan fingerprint density at radius 2 is 2.00 bits per heavy atom. The second-order valence-corrected chi connectivity index (χ2v) is 2.46. The summed E-state index contributed by atoms with van der Waals surface area (Å²) in [7, 11) is 0. The van der Waals surface area contributed by atoms with E-state index < -0.39 is 0 Å². The fraction of sp³-hybridized carbons (Fsp3) is 0.200. The summed E-state index contributed by atoms with van der Waals surface area (Å²) in [6, 6.07) is 9.94. The maximum Gasteiger partial charge on any atom is 0.142 e. The van der Waals surface area contributed by atoms with Crippen molar-refractivity contribution in [1.29, 1.82) is 0 Å². The second kappa shape index (κ2) is 2.77. The van der Waals surface area contributed by atoms with E-state index in [0.717, 1.165) is 12.2 Å². The highest BCUT2D eigenvalue weighted by atomic mass is 16.6. The van der Waals surface area contributed by atoms with E-state index in [-0.39, 0.29) is 6.10 Å². The molecular formula is C10H8O. The molecule has 54 valence electrons. The summed E-state index contributed by atoms with van der Waals surface area (Å²) in [6.45, 7) is 0.805. The molecule has 0 aliphatic carbocycles. The zero-order chi connectivity index (χ0) is 7.52. The van der Waals surface area contributed by atoms with Gasteiger partial charge in [0.25, 0.3) is 0 Å². The Hall–Kier alpha value is -1.26. The standard InChI is InChI=1S/C10H8O/c1-2-4-9(5-3-1)6-7-10-8-11-10/h1-5,10H,8H2/t10-/m0/s1. The molecule has 1 aliphatic rings. The molecule has 0 N–H and O–H groups in total. The zero-order valence-electron chi connectivity index (χ0n) is 6.08. The van der Waals surface area contributed by atoms with Crippen molar-refractivity contribution < 1.29 is 4.74 Å². The lowest BCUT2D eigenvalue weighted by Crippen LogP contribution is -1.76. The van der Waals surface area contributed by atoms with Gasteiger partial charge in [-0.2, -0.15) is 0 Å². The van der Waals surface area contributed by atoms with Crippen molar-refractivity contribution in [3.05, 3.63) is 35.9 Å². The quantitative estimate of drug-likeness (QED) is 0.396. The minimum atomic E-state index is 0.204. The molecule has 1 atom stereocenters. The summed E-state index contributed by atoms with van der Waals surface area (Å²) < 4.78 is 4.96. The van der Waals surface area contributed by atoms with Gasteiger partial charge < -0.3 is 4.74 Å². The Morgan fingerprint density at radius 1 is 1.27 bits per heavy atom. The van der Waals surface area contributed by atoms with E-state index in [1.165, 1.54) is 0 Å². The van der Waals surface area contributed by atoms with Gasteiger partial charge in [-0.05, 0) is 12.1 Å². The smallest absolute Gasteiger partial charge is 0.142 e. The van der Waals surface area contributed by atoms with Gasteiger partial charge in [0.05, 0.1) is 6.61 Å². The summed E-state index contributed by atoms with van der Waals surface area (Å²) in [4.78, 5) is 0. The summed E-state index contributed by atoms with van der Waals surface area (Å²) in [5, 5.41) is 0. The van der Waals surface area contributed by atoms with E-state index in [1.54, 1.807) is 0 Å². The molecule has 0 saturated carbocycles. The first-order valence-electron chi connectivity index (χ1n) is 3.63. The molecule has 0 bridgehead atoms. The van der Waals surface area contributed by atoms with E-state index in [2.05, 4.69) is 11.8 Å². The molecule has 1 nitrogen and oxygen atoms in total. The highest BCUT2D eigenvalue weighted by molar-refractivity contribution is 5.35. The van der Waals surface area contributed by atoms with Crippen molar-refractivity contribution in [2.45, 2.75) is 6.10 Å². The predicted octanol–water partition coefficient (Wildman–Crippen LogP) is 1.44. The molecule has 1 aromatic rings. The monoisotopic (exact) mass is 144 g/mol. The van der Waals surface area contributed by atoms with Gasteiger partial charge in [-0.3, -0.25) is 0 Å². The summed E-state index contributed by atoms with van der Waals surface area (Å²) in [6.07, 6.45) is 0.204. The van der Waals surface area contributed by atoms with Crippen LogP contribution in [0.1, 0.15) is 5.56 Å². The maximum atomic E-state index is 4.96. The van der Waals surface area contributed by atoms with Gasteiger partial charge in [0.1, 0.15) is 6.10 Å². The van der Waals surface area contributed by atoms with Crippen molar-refractivity contribution in [2.75, 3.05) is 6.61 Å². The van der Waals surface area contributed by atoms with Crippen LogP contribution in [0.2, 0.25) is 0 Å². The number of hydrogen-bond donors (Lipinski definition) is 0. The molecule has 1 saturated heterocycles. The van der Waals surface area contributed by atoms with Gasteiger partial charge in [-0.1, -0.05) is 30.0 Å². The molecule has 1 aromatic carbocycles. The summed E-state index contributed by atoms with van der Waals surface area (Å²) in [5.74, 6) is 6.03. The molecular weight excluding hydrogens is 136 g/mol. The van der Waals surface area contributed by atoms with Crippen molar-refractivity contribution in [1.82, 2.24) is 0 Å². The molecule has 11 heavy (non-hydrogen) atoms. The molecule has 2 rings (SSSR count). The Balaban J connectivity index is 2.12. The van der Waals surface area contributed by atoms with Gasteiger partial charge in [0.2, 0.25) is 0 Å². The van der Waals surface area contributed by atoms with Crippen molar-refractivity contribution >= 4 is 0 Å². The molecule has 0 spiro atoms. The predicted molar refractivity (Wildman–Crippen MR) is 43.1 cm³/mol. The number of rotatable bonds is 0. The first-order chi connectivity index (χ1) is 5.45. The topological polar surface area (TPSA) is 12.5 Å². The molecule has 0 radical (unpaired) electrons. The van der Waals surface area contributed by atoms with E-state index in [4.69, 9.17) is 4.74 Å². The van der Waals surface area contributed by atoms with E-state index in [9.17, 15) is 0 Å². The molecule has 0 amide bonds. The van der Waals surface area contributed by atoms with E-state index in [0.29, 0.717) is 0 Å². The van der Waals surface area contributed by atoms with Crippen LogP contribution in [0.15, 0.2) is 30.3 Å². The van der Waals surface area contributed by atoms with E-state index in [1.807, 2.05) is 30.3 Å². The third kappa shape index (κ3) is 1.83. The van der Waals surface area contributed by atoms with E-state index >= 15 is 0 Å². The average Bonchev–Trinajstić information content (AvgIpc) is 2.86. The van der Waals surface area contributed by atoms with Crippen LogP contribution in [0, 0.1) is 11.8 Å². The number of hydrogen-bond acceptors (Lipinski definition) is 1. The van der Waals surface area contributed by atoms with Crippen LogP contribution in [0.5, 0.6) is 0 Å². The number of epoxide rings is 1. The minimum absolute atomic E-state index is 0.204. The zero-order valence-corrected chi connectivity index (χ0v) is 6.08. The first kappa shape index (κ1) is 6.45. The number of benzene rings is 1. The van der Waals surface area contributed by atoms with Crippen LogP contribution in [-0.2, 0) is 4.74 Å². The van der Waals surface area contributed by atoms with Crippen molar-refractivity contribution in [3.8, 4) is 11.8 Å². The minimum Gasteiger partial charge on any atom is -0.359 e. The molecule has 0 aromatic heterocycles. The first-order valence-corrected chi connectivity index (χ1v) is 3.63.